The number of amides is 1. The number of carbonyl (C=O) groups excluding carboxylic acids is 1. The third-order valence-corrected chi connectivity index (χ3v) is 3.87. The fourth-order valence-electron chi connectivity index (χ4n) is 2.50. The number of aryl methyl sites for hydroxylation is 1. The van der Waals surface area contributed by atoms with E-state index in [0.29, 0.717) is 18.7 Å². The molecule has 0 aliphatic carbocycles. The van der Waals surface area contributed by atoms with Crippen LogP contribution < -0.4 is 10.1 Å². The summed E-state index contributed by atoms with van der Waals surface area (Å²) in [6.45, 7) is 2.59. The Morgan fingerprint density at radius 3 is 2.56 bits per heavy atom. The molecule has 25 heavy (non-hydrogen) atoms. The molecular formula is C22H19NO2. The van der Waals surface area contributed by atoms with Crippen LogP contribution >= 0.6 is 0 Å². The molecule has 0 bridgehead atoms. The number of carbonyl (C=O) groups is 1. The highest BCUT2D eigenvalue weighted by atomic mass is 16.5. The number of para-hydroxylation sites is 1. The fourth-order valence-corrected chi connectivity index (χ4v) is 2.50. The number of hydrogen-bond acceptors (Lipinski definition) is 2. The average molecular weight is 329 g/mol. The van der Waals surface area contributed by atoms with Crippen LogP contribution in [0.1, 0.15) is 15.9 Å². The van der Waals surface area contributed by atoms with Gasteiger partial charge in [-0.2, -0.15) is 0 Å². The topological polar surface area (TPSA) is 38.3 Å². The van der Waals surface area contributed by atoms with E-state index in [2.05, 4.69) is 17.2 Å². The molecule has 3 rings (SSSR count). The highest BCUT2D eigenvalue weighted by Crippen LogP contribution is 2.16. The molecule has 0 atom stereocenters. The van der Waals surface area contributed by atoms with Crippen LogP contribution in [0.15, 0.2) is 66.7 Å². The quantitative estimate of drug-likeness (QED) is 0.736. The van der Waals surface area contributed by atoms with Crippen LogP contribution in [0.3, 0.4) is 0 Å². The van der Waals surface area contributed by atoms with Gasteiger partial charge in [0.2, 0.25) is 0 Å². The highest BCUT2D eigenvalue weighted by Gasteiger charge is 2.04. The van der Waals surface area contributed by atoms with Crippen molar-refractivity contribution in [3.05, 3.63) is 77.9 Å². The molecule has 3 nitrogen and oxygen atoms in total. The van der Waals surface area contributed by atoms with Crippen LogP contribution in [0.25, 0.3) is 10.8 Å². The maximum absolute atomic E-state index is 12.2. The average Bonchev–Trinajstić information content (AvgIpc) is 2.65. The molecule has 0 spiro atoms. The van der Waals surface area contributed by atoms with Crippen LogP contribution in [-0.4, -0.2) is 19.1 Å². The first kappa shape index (κ1) is 16.6. The number of rotatable bonds is 4. The molecule has 0 saturated carbocycles. The van der Waals surface area contributed by atoms with Crippen molar-refractivity contribution in [3.63, 3.8) is 0 Å². The van der Waals surface area contributed by atoms with Gasteiger partial charge in [-0.3, -0.25) is 4.79 Å². The molecule has 3 heteroatoms. The first-order chi connectivity index (χ1) is 12.2. The van der Waals surface area contributed by atoms with Crippen LogP contribution in [0.2, 0.25) is 0 Å². The lowest BCUT2D eigenvalue weighted by molar-refractivity contribution is 0.0959. The number of ether oxygens (including phenoxy) is 1. The van der Waals surface area contributed by atoms with Crippen molar-refractivity contribution in [3.8, 4) is 17.6 Å². The number of fused-ring (bicyclic) bond motifs is 1. The molecule has 0 fully saturated rings. The summed E-state index contributed by atoms with van der Waals surface area (Å²) >= 11 is 0. The minimum atomic E-state index is -0.125. The van der Waals surface area contributed by atoms with Gasteiger partial charge in [0.05, 0.1) is 6.54 Å². The monoisotopic (exact) mass is 329 g/mol. The fraction of sp³-hybridized carbons (Fsp3) is 0.136. The van der Waals surface area contributed by atoms with Crippen LogP contribution in [0.5, 0.6) is 5.75 Å². The minimum absolute atomic E-state index is 0.125. The van der Waals surface area contributed by atoms with Gasteiger partial charge in [0, 0.05) is 5.56 Å². The molecule has 0 heterocycles. The molecular weight excluding hydrogens is 310 g/mol. The molecule has 1 amide bonds. The van der Waals surface area contributed by atoms with E-state index in [1.165, 1.54) is 0 Å². The lowest BCUT2D eigenvalue weighted by atomic mass is 10.1. The molecule has 0 unspecified atom stereocenters. The van der Waals surface area contributed by atoms with Gasteiger partial charge in [0.15, 0.2) is 0 Å². The van der Waals surface area contributed by atoms with Gasteiger partial charge in [-0.05, 0) is 41.5 Å². The Labute approximate surface area is 147 Å². The Balaban J connectivity index is 1.50. The molecule has 124 valence electrons. The smallest absolute Gasteiger partial charge is 0.252 e. The molecule has 0 radical (unpaired) electrons. The summed E-state index contributed by atoms with van der Waals surface area (Å²) in [5.41, 5.74) is 1.71. The van der Waals surface area contributed by atoms with Gasteiger partial charge in [0.1, 0.15) is 12.4 Å². The van der Waals surface area contributed by atoms with Gasteiger partial charge in [0.25, 0.3) is 5.91 Å². The van der Waals surface area contributed by atoms with Crippen molar-refractivity contribution < 1.29 is 9.53 Å². The summed E-state index contributed by atoms with van der Waals surface area (Å²) in [5, 5.41) is 4.97. The molecule has 3 aromatic rings. The highest BCUT2D eigenvalue weighted by molar-refractivity contribution is 5.98. The molecule has 3 aromatic carbocycles. The molecule has 0 saturated heterocycles. The lowest BCUT2D eigenvalue weighted by Crippen LogP contribution is -2.23. The zero-order valence-electron chi connectivity index (χ0n) is 14.1. The summed E-state index contributed by atoms with van der Waals surface area (Å²) in [5.74, 6) is 6.52. The Morgan fingerprint density at radius 2 is 1.72 bits per heavy atom. The Bertz CT molecular complexity index is 951. The second-order valence-corrected chi connectivity index (χ2v) is 5.65. The maximum atomic E-state index is 12.2. The summed E-state index contributed by atoms with van der Waals surface area (Å²) < 4.78 is 5.59. The van der Waals surface area contributed by atoms with E-state index in [9.17, 15) is 4.79 Å². The van der Waals surface area contributed by atoms with Gasteiger partial charge in [-0.25, -0.2) is 0 Å². The number of hydrogen-bond donors (Lipinski definition) is 1. The first-order valence-electron chi connectivity index (χ1n) is 8.15. The van der Waals surface area contributed by atoms with E-state index >= 15 is 0 Å². The number of nitrogens with one attached hydrogen (secondary N) is 1. The van der Waals surface area contributed by atoms with E-state index < -0.39 is 0 Å². The molecule has 0 aliphatic rings. The standard InChI is InChI=1S/C22H19NO2/c1-17-8-2-5-11-21(17)25-15-7-6-14-23-22(24)20-13-12-18-9-3-4-10-19(18)16-20/h2-5,8-13,16H,14-15H2,1H3,(H,23,24). The van der Waals surface area contributed by atoms with E-state index in [1.54, 1.807) is 0 Å². The third-order valence-electron chi connectivity index (χ3n) is 3.87. The van der Waals surface area contributed by atoms with E-state index in [-0.39, 0.29) is 5.91 Å². The van der Waals surface area contributed by atoms with Crippen molar-refractivity contribution in [1.82, 2.24) is 5.32 Å². The first-order valence-corrected chi connectivity index (χ1v) is 8.15. The third kappa shape index (κ3) is 4.39. The minimum Gasteiger partial charge on any atom is -0.481 e. The van der Waals surface area contributed by atoms with Crippen molar-refractivity contribution >= 4 is 16.7 Å². The summed E-state index contributed by atoms with van der Waals surface area (Å²) in [4.78, 5) is 12.2. The van der Waals surface area contributed by atoms with E-state index in [0.717, 1.165) is 22.1 Å². The Kier molecular flexibility index (Phi) is 5.33. The molecule has 1 N–H and O–H groups in total. The van der Waals surface area contributed by atoms with Gasteiger partial charge in [-0.15, -0.1) is 0 Å². The van der Waals surface area contributed by atoms with Crippen LogP contribution in [-0.2, 0) is 0 Å². The second kappa shape index (κ2) is 8.03. The van der Waals surface area contributed by atoms with Crippen molar-refractivity contribution in [2.45, 2.75) is 6.92 Å². The zero-order chi connectivity index (χ0) is 17.5. The largest absolute Gasteiger partial charge is 0.481 e. The normalized spacial score (nSPS) is 9.96. The predicted octanol–water partition coefficient (Wildman–Crippen LogP) is 3.96. The SMILES string of the molecule is Cc1ccccc1OCC#CCNC(=O)c1ccc2ccccc2c1. The van der Waals surface area contributed by atoms with Crippen LogP contribution in [0, 0.1) is 18.8 Å². The van der Waals surface area contributed by atoms with Gasteiger partial charge < -0.3 is 10.1 Å². The zero-order valence-corrected chi connectivity index (χ0v) is 14.1. The van der Waals surface area contributed by atoms with Crippen molar-refractivity contribution in [1.29, 1.82) is 0 Å². The van der Waals surface area contributed by atoms with Gasteiger partial charge >= 0.3 is 0 Å². The summed E-state index contributed by atoms with van der Waals surface area (Å²) in [6, 6.07) is 21.4. The van der Waals surface area contributed by atoms with E-state index in [4.69, 9.17) is 4.74 Å². The number of benzene rings is 3. The maximum Gasteiger partial charge on any atom is 0.252 e. The Hall–Kier alpha value is -3.25. The molecule has 0 aliphatic heterocycles. The van der Waals surface area contributed by atoms with Crippen molar-refractivity contribution in [2.75, 3.05) is 13.2 Å². The van der Waals surface area contributed by atoms with Crippen LogP contribution in [0.4, 0.5) is 0 Å². The van der Waals surface area contributed by atoms with Gasteiger partial charge in [-0.1, -0.05) is 60.4 Å². The summed E-state index contributed by atoms with van der Waals surface area (Å²) in [7, 11) is 0. The van der Waals surface area contributed by atoms with E-state index in [1.807, 2.05) is 73.7 Å². The lowest BCUT2D eigenvalue weighted by Gasteiger charge is -2.05. The Morgan fingerprint density at radius 1 is 0.960 bits per heavy atom. The second-order valence-electron chi connectivity index (χ2n) is 5.65. The summed E-state index contributed by atoms with van der Waals surface area (Å²) in [6.07, 6.45) is 0. The molecule has 0 aromatic heterocycles. The predicted molar refractivity (Wildman–Crippen MR) is 101 cm³/mol. The van der Waals surface area contributed by atoms with Crippen molar-refractivity contribution in [2.24, 2.45) is 0 Å².